The summed E-state index contributed by atoms with van der Waals surface area (Å²) in [5.41, 5.74) is 6.05. The maximum atomic E-state index is 12.4. The summed E-state index contributed by atoms with van der Waals surface area (Å²) in [6, 6.07) is 8.50. The molecule has 0 bridgehead atoms. The fraction of sp³-hybridized carbons (Fsp3) is 0.500. The van der Waals surface area contributed by atoms with E-state index >= 15 is 0 Å². The number of primary amides is 1. The summed E-state index contributed by atoms with van der Waals surface area (Å²) in [6.07, 6.45) is 5.92. The van der Waals surface area contributed by atoms with Gasteiger partial charge in [0.05, 0.1) is 13.1 Å². The molecule has 1 aromatic rings. The van der Waals surface area contributed by atoms with E-state index in [0.29, 0.717) is 0 Å². The number of likely N-dealkylation sites (tertiary alicyclic amines) is 1. The maximum Gasteiger partial charge on any atom is 0.319 e. The molecule has 0 spiro atoms. The number of hydrogen-bond acceptors (Lipinski definition) is 2. The van der Waals surface area contributed by atoms with Crippen LogP contribution in [0.2, 0.25) is 0 Å². The minimum Gasteiger partial charge on any atom is -0.351 e. The molecule has 0 radical (unpaired) electrons. The smallest absolute Gasteiger partial charge is 0.319 e. The second-order valence-electron chi connectivity index (χ2n) is 5.62. The van der Waals surface area contributed by atoms with Crippen LogP contribution in [0.4, 0.5) is 4.79 Å². The Morgan fingerprint density at radius 3 is 2.14 bits per heavy atom. The Hall–Kier alpha value is -1.88. The van der Waals surface area contributed by atoms with E-state index in [4.69, 9.17) is 5.73 Å². The van der Waals surface area contributed by atoms with Gasteiger partial charge in [-0.05, 0) is 25.7 Å². The van der Waals surface area contributed by atoms with Gasteiger partial charge in [0.2, 0.25) is 0 Å². The van der Waals surface area contributed by atoms with Crippen molar-refractivity contribution in [3.63, 3.8) is 0 Å². The highest BCUT2D eigenvalue weighted by Gasteiger charge is 2.32. The molecule has 0 aliphatic carbocycles. The lowest BCUT2D eigenvalue weighted by Gasteiger charge is -2.29. The summed E-state index contributed by atoms with van der Waals surface area (Å²) in [4.78, 5) is 24.7. The van der Waals surface area contributed by atoms with Crippen molar-refractivity contribution >= 4 is 11.9 Å². The van der Waals surface area contributed by atoms with Crippen molar-refractivity contribution in [2.75, 3.05) is 13.1 Å². The molecule has 114 valence electrons. The number of hydrogen-bond donors (Lipinski definition) is 3. The minimum atomic E-state index is -0.785. The second-order valence-corrected chi connectivity index (χ2v) is 5.62. The van der Waals surface area contributed by atoms with E-state index in [1.807, 2.05) is 30.3 Å². The second kappa shape index (κ2) is 7.78. The van der Waals surface area contributed by atoms with E-state index in [1.165, 1.54) is 24.2 Å². The van der Waals surface area contributed by atoms with Crippen LogP contribution in [0.25, 0.3) is 0 Å². The van der Waals surface area contributed by atoms with Crippen molar-refractivity contribution in [1.82, 2.24) is 5.32 Å². The highest BCUT2D eigenvalue weighted by atomic mass is 16.2. The number of quaternary nitrogens is 1. The molecule has 1 saturated heterocycles. The van der Waals surface area contributed by atoms with Crippen LogP contribution in [0.5, 0.6) is 0 Å². The number of rotatable bonds is 3. The van der Waals surface area contributed by atoms with E-state index in [0.717, 1.165) is 31.5 Å². The van der Waals surface area contributed by atoms with Gasteiger partial charge < -0.3 is 10.6 Å². The van der Waals surface area contributed by atoms with Crippen molar-refractivity contribution < 1.29 is 14.5 Å². The van der Waals surface area contributed by atoms with E-state index in [2.05, 4.69) is 5.32 Å². The predicted molar refractivity (Wildman–Crippen MR) is 80.7 cm³/mol. The van der Waals surface area contributed by atoms with Crippen LogP contribution in [-0.2, 0) is 4.79 Å². The number of nitrogens with one attached hydrogen (secondary N) is 2. The first kappa shape index (κ1) is 15.5. The Morgan fingerprint density at radius 2 is 1.57 bits per heavy atom. The molecule has 3 amide bonds. The molecule has 1 heterocycles. The van der Waals surface area contributed by atoms with Crippen LogP contribution in [0.15, 0.2) is 30.3 Å². The van der Waals surface area contributed by atoms with Gasteiger partial charge in [0.1, 0.15) is 0 Å². The maximum absolute atomic E-state index is 12.4. The molecule has 1 fully saturated rings. The topological polar surface area (TPSA) is 76.6 Å². The molecule has 5 heteroatoms. The minimum absolute atomic E-state index is 0.302. The fourth-order valence-corrected chi connectivity index (χ4v) is 3.06. The van der Waals surface area contributed by atoms with Gasteiger partial charge in [-0.2, -0.15) is 0 Å². The van der Waals surface area contributed by atoms with Crippen molar-refractivity contribution in [2.24, 2.45) is 5.73 Å². The first-order valence-electron chi connectivity index (χ1n) is 7.68. The molecule has 5 nitrogen and oxygen atoms in total. The first-order chi connectivity index (χ1) is 10.2. The zero-order valence-corrected chi connectivity index (χ0v) is 12.3. The summed E-state index contributed by atoms with van der Waals surface area (Å²) < 4.78 is 0. The first-order valence-corrected chi connectivity index (χ1v) is 7.68. The largest absolute Gasteiger partial charge is 0.351 e. The average Bonchev–Trinajstić information content (AvgIpc) is 2.41. The number of benzene rings is 1. The fourth-order valence-electron chi connectivity index (χ4n) is 3.06. The zero-order chi connectivity index (χ0) is 15.1. The summed E-state index contributed by atoms with van der Waals surface area (Å²) in [5.74, 6) is -0.302. The molecule has 0 saturated carbocycles. The van der Waals surface area contributed by atoms with Gasteiger partial charge in [0.25, 0.3) is 5.91 Å². The molecular formula is C16H24N3O2+. The Kier molecular flexibility index (Phi) is 5.75. The highest BCUT2D eigenvalue weighted by Crippen LogP contribution is 2.12. The SMILES string of the molecule is NC(=O)NC(=O)[C@H](c1ccccc1)[NH+]1CCCCCCC1. The molecule has 21 heavy (non-hydrogen) atoms. The number of carbonyl (C=O) groups excluding carboxylic acids is 2. The summed E-state index contributed by atoms with van der Waals surface area (Å²) in [5, 5.41) is 2.25. The normalized spacial score (nSPS) is 18.3. The van der Waals surface area contributed by atoms with Crippen molar-refractivity contribution in [1.29, 1.82) is 0 Å². The lowest BCUT2D eigenvalue weighted by molar-refractivity contribution is -0.923. The predicted octanol–water partition coefficient (Wildman–Crippen LogP) is 0.772. The monoisotopic (exact) mass is 290 g/mol. The number of urea groups is 1. The van der Waals surface area contributed by atoms with Gasteiger partial charge in [0, 0.05) is 5.56 Å². The third-order valence-corrected chi connectivity index (χ3v) is 4.05. The number of amides is 3. The van der Waals surface area contributed by atoms with Gasteiger partial charge in [0.15, 0.2) is 6.04 Å². The van der Waals surface area contributed by atoms with Crippen LogP contribution >= 0.6 is 0 Å². The van der Waals surface area contributed by atoms with Crippen molar-refractivity contribution in [2.45, 2.75) is 38.1 Å². The van der Waals surface area contributed by atoms with Crippen molar-refractivity contribution in [3.8, 4) is 0 Å². The Morgan fingerprint density at radius 1 is 1.00 bits per heavy atom. The molecule has 1 aromatic carbocycles. The quantitative estimate of drug-likeness (QED) is 0.769. The van der Waals surface area contributed by atoms with Crippen LogP contribution in [-0.4, -0.2) is 25.0 Å². The van der Waals surface area contributed by atoms with Crippen LogP contribution < -0.4 is 16.0 Å². The molecule has 4 N–H and O–H groups in total. The third-order valence-electron chi connectivity index (χ3n) is 4.05. The number of carbonyl (C=O) groups is 2. The van der Waals surface area contributed by atoms with E-state index < -0.39 is 6.03 Å². The van der Waals surface area contributed by atoms with Gasteiger partial charge in [-0.1, -0.05) is 36.8 Å². The Labute approximate surface area is 125 Å². The Balaban J connectivity index is 2.21. The summed E-state index contributed by atoms with van der Waals surface area (Å²) in [7, 11) is 0. The average molecular weight is 290 g/mol. The lowest BCUT2D eigenvalue weighted by atomic mass is 10.0. The van der Waals surface area contributed by atoms with Crippen LogP contribution in [0, 0.1) is 0 Å². The summed E-state index contributed by atoms with van der Waals surface area (Å²) >= 11 is 0. The van der Waals surface area contributed by atoms with Gasteiger partial charge >= 0.3 is 6.03 Å². The zero-order valence-electron chi connectivity index (χ0n) is 12.3. The van der Waals surface area contributed by atoms with Gasteiger partial charge in [-0.25, -0.2) is 4.79 Å². The van der Waals surface area contributed by atoms with Gasteiger partial charge in [-0.15, -0.1) is 0 Å². The molecule has 1 atom stereocenters. The lowest BCUT2D eigenvalue weighted by Crippen LogP contribution is -3.13. The van der Waals surface area contributed by atoms with Crippen LogP contribution in [0.1, 0.15) is 43.7 Å². The third kappa shape index (κ3) is 4.56. The number of imide groups is 1. The van der Waals surface area contributed by atoms with E-state index in [9.17, 15) is 9.59 Å². The molecule has 1 aliphatic heterocycles. The molecule has 1 aliphatic rings. The highest BCUT2D eigenvalue weighted by molar-refractivity contribution is 5.96. The van der Waals surface area contributed by atoms with E-state index in [1.54, 1.807) is 0 Å². The standard InChI is InChI=1S/C16H23N3O2/c17-16(21)18-15(20)14(13-9-5-4-6-10-13)19-11-7-2-1-3-8-12-19/h4-6,9-10,14H,1-3,7-8,11-12H2,(H3,17,18,20,21)/p+1/t14-/m0/s1. The molecule has 0 aromatic heterocycles. The molecular weight excluding hydrogens is 266 g/mol. The molecule has 0 unspecified atom stereocenters. The Bertz CT molecular complexity index is 468. The summed E-state index contributed by atoms with van der Waals surface area (Å²) in [6.45, 7) is 1.90. The molecule has 2 rings (SSSR count). The number of nitrogens with two attached hydrogens (primary N) is 1. The van der Waals surface area contributed by atoms with Gasteiger partial charge in [-0.3, -0.25) is 10.1 Å². The van der Waals surface area contributed by atoms with Crippen molar-refractivity contribution in [3.05, 3.63) is 35.9 Å². The van der Waals surface area contributed by atoms with E-state index in [-0.39, 0.29) is 11.9 Å². The van der Waals surface area contributed by atoms with Crippen LogP contribution in [0.3, 0.4) is 0 Å².